The van der Waals surface area contributed by atoms with Gasteiger partial charge < -0.3 is 19.7 Å². The number of hydrogen-bond donors (Lipinski definition) is 2. The van der Waals surface area contributed by atoms with Crippen molar-refractivity contribution in [3.8, 4) is 0 Å². The maximum atomic E-state index is 8.82. The Hall–Kier alpha value is -1.59. The zero-order valence-corrected chi connectivity index (χ0v) is 10.9. The van der Waals surface area contributed by atoms with Crippen LogP contribution < -0.4 is 4.90 Å². The molecule has 5 heteroatoms. The number of aromatic nitrogens is 2. The molecule has 0 spiro atoms. The number of imidazole rings is 1. The molecule has 1 unspecified atom stereocenters. The van der Waals surface area contributed by atoms with Gasteiger partial charge in [0, 0.05) is 13.1 Å². The summed E-state index contributed by atoms with van der Waals surface area (Å²) >= 11 is 0. The number of ether oxygens (including phenoxy) is 1. The van der Waals surface area contributed by atoms with Gasteiger partial charge >= 0.3 is 0 Å². The molecule has 2 aromatic rings. The van der Waals surface area contributed by atoms with E-state index in [1.165, 1.54) is 0 Å². The zero-order chi connectivity index (χ0) is 13.1. The van der Waals surface area contributed by atoms with Gasteiger partial charge in [0.25, 0.3) is 0 Å². The minimum Gasteiger partial charge on any atom is -0.394 e. The summed E-state index contributed by atoms with van der Waals surface area (Å²) < 4.78 is 5.62. The average Bonchev–Trinajstić information content (AvgIpc) is 2.89. The second-order valence-corrected chi connectivity index (χ2v) is 4.88. The molecule has 0 bridgehead atoms. The first-order chi connectivity index (χ1) is 9.36. The van der Waals surface area contributed by atoms with Crippen LogP contribution in [0.1, 0.15) is 12.8 Å². The molecule has 0 radical (unpaired) electrons. The summed E-state index contributed by atoms with van der Waals surface area (Å²) in [5.74, 6) is 0.915. The van der Waals surface area contributed by atoms with E-state index >= 15 is 0 Å². The minimum atomic E-state index is 0.0845. The van der Waals surface area contributed by atoms with Crippen LogP contribution in [-0.4, -0.2) is 47.5 Å². The molecule has 1 fully saturated rings. The minimum absolute atomic E-state index is 0.0845. The smallest absolute Gasteiger partial charge is 0.203 e. The number of aliphatic hydroxyl groups is 1. The molecular formula is C14H19N3O2. The van der Waals surface area contributed by atoms with Crippen LogP contribution in [0.2, 0.25) is 0 Å². The second kappa shape index (κ2) is 5.59. The number of hydrogen-bond acceptors (Lipinski definition) is 4. The summed E-state index contributed by atoms with van der Waals surface area (Å²) in [5.41, 5.74) is 2.06. The van der Waals surface area contributed by atoms with Crippen LogP contribution in [0.5, 0.6) is 0 Å². The van der Waals surface area contributed by atoms with Gasteiger partial charge in [0.15, 0.2) is 0 Å². The first kappa shape index (κ1) is 12.4. The molecule has 0 aliphatic carbocycles. The van der Waals surface area contributed by atoms with Crippen molar-refractivity contribution in [2.45, 2.75) is 18.9 Å². The Morgan fingerprint density at radius 1 is 1.42 bits per heavy atom. The summed E-state index contributed by atoms with van der Waals surface area (Å²) in [7, 11) is 0. The largest absolute Gasteiger partial charge is 0.394 e. The number of aliphatic hydroxyl groups excluding tert-OH is 1. The number of nitrogens with one attached hydrogen (secondary N) is 1. The SMILES string of the molecule is OCCOC1CCCN(c2nc3ccccc3[nH]2)C1. The van der Waals surface area contributed by atoms with Crippen molar-refractivity contribution in [3.05, 3.63) is 24.3 Å². The fourth-order valence-corrected chi connectivity index (χ4v) is 2.58. The molecule has 5 nitrogen and oxygen atoms in total. The Bertz CT molecular complexity index is 507. The molecule has 0 saturated carbocycles. The van der Waals surface area contributed by atoms with Gasteiger partial charge in [0.1, 0.15) is 0 Å². The van der Waals surface area contributed by atoms with Crippen molar-refractivity contribution in [3.63, 3.8) is 0 Å². The topological polar surface area (TPSA) is 61.4 Å². The third kappa shape index (κ3) is 2.72. The lowest BCUT2D eigenvalue weighted by Gasteiger charge is -2.32. The quantitative estimate of drug-likeness (QED) is 0.876. The first-order valence-corrected chi connectivity index (χ1v) is 6.79. The molecule has 1 saturated heterocycles. The third-order valence-electron chi connectivity index (χ3n) is 3.50. The van der Waals surface area contributed by atoms with E-state index in [0.29, 0.717) is 6.61 Å². The lowest BCUT2D eigenvalue weighted by molar-refractivity contribution is 0.0212. The van der Waals surface area contributed by atoms with E-state index in [0.717, 1.165) is 42.9 Å². The number of nitrogens with zero attached hydrogens (tertiary/aromatic N) is 2. The van der Waals surface area contributed by atoms with Crippen molar-refractivity contribution < 1.29 is 9.84 Å². The summed E-state index contributed by atoms with van der Waals surface area (Å²) in [6.45, 7) is 2.33. The number of rotatable bonds is 4. The van der Waals surface area contributed by atoms with Crippen LogP contribution in [0.4, 0.5) is 5.95 Å². The monoisotopic (exact) mass is 261 g/mol. The van der Waals surface area contributed by atoms with Crippen LogP contribution in [0.3, 0.4) is 0 Å². The maximum absolute atomic E-state index is 8.82. The summed E-state index contributed by atoms with van der Waals surface area (Å²) in [4.78, 5) is 10.2. The number of anilines is 1. The van der Waals surface area contributed by atoms with E-state index in [1.54, 1.807) is 0 Å². The summed E-state index contributed by atoms with van der Waals surface area (Å²) in [6.07, 6.45) is 2.33. The molecule has 1 aromatic carbocycles. The molecule has 1 aliphatic heterocycles. The molecule has 1 aromatic heterocycles. The molecule has 0 amide bonds. The maximum Gasteiger partial charge on any atom is 0.203 e. The van der Waals surface area contributed by atoms with Gasteiger partial charge in [-0.05, 0) is 25.0 Å². The van der Waals surface area contributed by atoms with Gasteiger partial charge in [-0.1, -0.05) is 12.1 Å². The lowest BCUT2D eigenvalue weighted by Crippen LogP contribution is -2.40. The standard InChI is InChI=1S/C14H19N3O2/c18-8-9-19-11-4-3-7-17(10-11)14-15-12-5-1-2-6-13(12)16-14/h1-2,5-6,11,18H,3-4,7-10H2,(H,15,16). The summed E-state index contributed by atoms with van der Waals surface area (Å²) in [5, 5.41) is 8.82. The highest BCUT2D eigenvalue weighted by Crippen LogP contribution is 2.21. The molecule has 19 heavy (non-hydrogen) atoms. The molecule has 1 aliphatic rings. The van der Waals surface area contributed by atoms with Gasteiger partial charge in [-0.15, -0.1) is 0 Å². The fourth-order valence-electron chi connectivity index (χ4n) is 2.58. The van der Waals surface area contributed by atoms with E-state index in [-0.39, 0.29) is 12.7 Å². The van der Waals surface area contributed by atoms with Gasteiger partial charge in [-0.25, -0.2) is 4.98 Å². The number of benzene rings is 1. The predicted molar refractivity (Wildman–Crippen MR) is 74.4 cm³/mol. The van der Waals surface area contributed by atoms with Crippen molar-refractivity contribution in [1.82, 2.24) is 9.97 Å². The van der Waals surface area contributed by atoms with Crippen molar-refractivity contribution >= 4 is 17.0 Å². The highest BCUT2D eigenvalue weighted by atomic mass is 16.5. The summed E-state index contributed by atoms with van der Waals surface area (Å²) in [6, 6.07) is 8.05. The molecule has 1 atom stereocenters. The van der Waals surface area contributed by atoms with Crippen LogP contribution in [-0.2, 0) is 4.74 Å². The Morgan fingerprint density at radius 2 is 2.32 bits per heavy atom. The number of fused-ring (bicyclic) bond motifs is 1. The van der Waals surface area contributed by atoms with Gasteiger partial charge in [-0.2, -0.15) is 0 Å². The van der Waals surface area contributed by atoms with E-state index in [2.05, 4.69) is 14.9 Å². The normalized spacial score (nSPS) is 20.1. The first-order valence-electron chi connectivity index (χ1n) is 6.79. The predicted octanol–water partition coefficient (Wildman–Crippen LogP) is 1.54. The van der Waals surface area contributed by atoms with Gasteiger partial charge in [0.2, 0.25) is 5.95 Å². The Kier molecular flexibility index (Phi) is 3.66. The Labute approximate surface area is 112 Å². The van der Waals surface area contributed by atoms with Crippen LogP contribution >= 0.6 is 0 Å². The van der Waals surface area contributed by atoms with Crippen LogP contribution in [0, 0.1) is 0 Å². The number of H-pyrrole nitrogens is 1. The average molecular weight is 261 g/mol. The van der Waals surface area contributed by atoms with Crippen molar-refractivity contribution in [1.29, 1.82) is 0 Å². The highest BCUT2D eigenvalue weighted by Gasteiger charge is 2.22. The van der Waals surface area contributed by atoms with Crippen molar-refractivity contribution in [2.75, 3.05) is 31.2 Å². The van der Waals surface area contributed by atoms with Gasteiger partial charge in [0.05, 0.1) is 30.4 Å². The fraction of sp³-hybridized carbons (Fsp3) is 0.500. The van der Waals surface area contributed by atoms with E-state index in [1.807, 2.05) is 24.3 Å². The van der Waals surface area contributed by atoms with E-state index in [9.17, 15) is 0 Å². The second-order valence-electron chi connectivity index (χ2n) is 4.88. The lowest BCUT2D eigenvalue weighted by atomic mass is 10.1. The van der Waals surface area contributed by atoms with Crippen LogP contribution in [0.15, 0.2) is 24.3 Å². The molecule has 3 rings (SSSR count). The molecule has 2 N–H and O–H groups in total. The Balaban J connectivity index is 1.73. The molecular weight excluding hydrogens is 242 g/mol. The number of piperidine rings is 1. The van der Waals surface area contributed by atoms with E-state index < -0.39 is 0 Å². The third-order valence-corrected chi connectivity index (χ3v) is 3.50. The number of aromatic amines is 1. The highest BCUT2D eigenvalue weighted by molar-refractivity contribution is 5.77. The van der Waals surface area contributed by atoms with E-state index in [4.69, 9.17) is 9.84 Å². The Morgan fingerprint density at radius 3 is 3.16 bits per heavy atom. The van der Waals surface area contributed by atoms with Crippen LogP contribution in [0.25, 0.3) is 11.0 Å². The molecule has 2 heterocycles. The number of para-hydroxylation sites is 2. The zero-order valence-electron chi connectivity index (χ0n) is 10.9. The molecule has 102 valence electrons. The van der Waals surface area contributed by atoms with Crippen molar-refractivity contribution in [2.24, 2.45) is 0 Å². The van der Waals surface area contributed by atoms with Gasteiger partial charge in [-0.3, -0.25) is 0 Å².